The predicted octanol–water partition coefficient (Wildman–Crippen LogP) is 5.54. The van der Waals surface area contributed by atoms with Crippen LogP contribution in [0.15, 0.2) is 60.8 Å². The van der Waals surface area contributed by atoms with E-state index in [1.165, 1.54) is 17.0 Å². The molecule has 2 aromatic carbocycles. The fraction of sp³-hybridized carbons (Fsp3) is 0.370. The number of nitrogens with zero attached hydrogens (tertiary/aromatic N) is 3. The zero-order valence-electron chi connectivity index (χ0n) is 21.3. The Labute approximate surface area is 218 Å². The van der Waals surface area contributed by atoms with Gasteiger partial charge in [0.15, 0.2) is 0 Å². The summed E-state index contributed by atoms with van der Waals surface area (Å²) in [6, 6.07) is 13.6. The number of carbonyl (C=O) groups excluding carboxylic acids is 2. The number of rotatable bonds is 5. The molecule has 1 atom stereocenters. The van der Waals surface area contributed by atoms with E-state index >= 15 is 0 Å². The summed E-state index contributed by atoms with van der Waals surface area (Å²) in [5.41, 5.74) is 0.596. The van der Waals surface area contributed by atoms with E-state index in [0.717, 1.165) is 17.7 Å². The number of hydrogen-bond acceptors (Lipinski definition) is 5. The highest BCUT2D eigenvalue weighted by Crippen LogP contribution is 2.31. The molecule has 0 spiro atoms. The number of ether oxygens (including phenoxy) is 2. The van der Waals surface area contributed by atoms with Gasteiger partial charge in [-0.2, -0.15) is 18.3 Å². The smallest absolute Gasteiger partial charge is 0.416 e. The minimum absolute atomic E-state index is 0.0967. The first-order valence-corrected chi connectivity index (χ1v) is 12.1. The maximum atomic E-state index is 13.2. The third-order valence-corrected chi connectivity index (χ3v) is 5.76. The molecule has 0 fully saturated rings. The highest BCUT2D eigenvalue weighted by atomic mass is 19.4. The number of aromatic nitrogens is 2. The first-order valence-electron chi connectivity index (χ1n) is 12.1. The van der Waals surface area contributed by atoms with Crippen molar-refractivity contribution in [3.05, 3.63) is 83.0 Å². The quantitative estimate of drug-likeness (QED) is 0.468. The number of hydrogen-bond donors (Lipinski definition) is 1. The van der Waals surface area contributed by atoms with Crippen molar-refractivity contribution in [1.82, 2.24) is 15.1 Å². The number of carbonyl (C=O) groups is 2. The second-order valence-corrected chi connectivity index (χ2v) is 10.0. The molecule has 1 unspecified atom stereocenters. The van der Waals surface area contributed by atoms with E-state index < -0.39 is 35.6 Å². The van der Waals surface area contributed by atoms with Gasteiger partial charge in [-0.25, -0.2) is 14.3 Å². The van der Waals surface area contributed by atoms with Crippen LogP contribution >= 0.6 is 0 Å². The molecule has 202 valence electrons. The second-order valence-electron chi connectivity index (χ2n) is 10.0. The van der Waals surface area contributed by atoms with Gasteiger partial charge in [0.1, 0.15) is 18.0 Å². The van der Waals surface area contributed by atoms with Crippen LogP contribution in [-0.4, -0.2) is 40.2 Å². The Hall–Kier alpha value is -4.02. The van der Waals surface area contributed by atoms with Crippen LogP contribution in [0.3, 0.4) is 0 Å². The molecule has 0 saturated heterocycles. The zero-order chi connectivity index (χ0) is 27.5. The van der Waals surface area contributed by atoms with Crippen molar-refractivity contribution >= 4 is 18.0 Å². The molecule has 1 aliphatic rings. The predicted molar refractivity (Wildman–Crippen MR) is 134 cm³/mol. The summed E-state index contributed by atoms with van der Waals surface area (Å²) in [4.78, 5) is 27.0. The van der Waals surface area contributed by atoms with Crippen molar-refractivity contribution in [2.24, 2.45) is 0 Å². The monoisotopic (exact) mass is 530 g/mol. The molecule has 2 amide bonds. The minimum atomic E-state index is -4.42. The molecule has 0 aliphatic carbocycles. The number of anilines is 1. The van der Waals surface area contributed by atoms with Crippen LogP contribution in [0.2, 0.25) is 0 Å². The number of nitrogens with one attached hydrogen (secondary N) is 1. The third kappa shape index (κ3) is 6.84. The molecular weight excluding hydrogens is 501 g/mol. The number of halogens is 3. The van der Waals surface area contributed by atoms with E-state index in [2.05, 4.69) is 10.4 Å². The van der Waals surface area contributed by atoms with Crippen molar-refractivity contribution in [3.8, 4) is 0 Å². The largest absolute Gasteiger partial charge is 0.445 e. The van der Waals surface area contributed by atoms with Crippen molar-refractivity contribution in [2.45, 2.75) is 58.2 Å². The van der Waals surface area contributed by atoms with Gasteiger partial charge in [-0.05, 0) is 44.0 Å². The van der Waals surface area contributed by atoms with Gasteiger partial charge >= 0.3 is 18.4 Å². The maximum Gasteiger partial charge on any atom is 0.416 e. The Balaban J connectivity index is 1.52. The summed E-state index contributed by atoms with van der Waals surface area (Å²) in [5, 5.41) is 7.16. The molecule has 1 aromatic heterocycles. The molecule has 2 heterocycles. The SMILES string of the molecule is CC(C)(C)OC(=O)N1CC(NC(=O)OCc2ccccc2)Cn2ncc(Cc3ccc(C(F)(F)F)cc3)c21. The zero-order valence-corrected chi connectivity index (χ0v) is 21.3. The lowest BCUT2D eigenvalue weighted by Crippen LogP contribution is -2.53. The van der Waals surface area contributed by atoms with Gasteiger partial charge in [-0.1, -0.05) is 42.5 Å². The van der Waals surface area contributed by atoms with Crippen molar-refractivity contribution in [2.75, 3.05) is 11.4 Å². The normalized spacial score (nSPS) is 15.5. The molecule has 1 aliphatic heterocycles. The van der Waals surface area contributed by atoms with E-state index in [1.807, 2.05) is 30.3 Å². The van der Waals surface area contributed by atoms with Crippen LogP contribution in [0.25, 0.3) is 0 Å². The Morgan fingerprint density at radius 1 is 1.00 bits per heavy atom. The van der Waals surface area contributed by atoms with Crippen LogP contribution in [0.5, 0.6) is 0 Å². The molecule has 3 aromatic rings. The van der Waals surface area contributed by atoms with Crippen LogP contribution < -0.4 is 10.2 Å². The van der Waals surface area contributed by atoms with E-state index in [0.29, 0.717) is 16.9 Å². The van der Waals surface area contributed by atoms with E-state index in [-0.39, 0.29) is 26.1 Å². The van der Waals surface area contributed by atoms with Gasteiger partial charge in [-0.3, -0.25) is 4.90 Å². The summed E-state index contributed by atoms with van der Waals surface area (Å²) in [5.74, 6) is 0.467. The number of amides is 2. The Kier molecular flexibility index (Phi) is 7.66. The van der Waals surface area contributed by atoms with Gasteiger partial charge in [-0.15, -0.1) is 0 Å². The summed E-state index contributed by atoms with van der Waals surface area (Å²) < 4.78 is 51.3. The first-order chi connectivity index (χ1) is 17.9. The summed E-state index contributed by atoms with van der Waals surface area (Å²) in [7, 11) is 0. The molecule has 0 radical (unpaired) electrons. The summed E-state index contributed by atoms with van der Waals surface area (Å²) >= 11 is 0. The molecule has 4 rings (SSSR count). The van der Waals surface area contributed by atoms with Crippen LogP contribution in [0, 0.1) is 0 Å². The lowest BCUT2D eigenvalue weighted by Gasteiger charge is -2.35. The van der Waals surface area contributed by atoms with Crippen molar-refractivity contribution < 1.29 is 32.2 Å². The van der Waals surface area contributed by atoms with E-state index in [4.69, 9.17) is 9.47 Å². The fourth-order valence-corrected chi connectivity index (χ4v) is 4.09. The molecule has 38 heavy (non-hydrogen) atoms. The number of fused-ring (bicyclic) bond motifs is 1. The van der Waals surface area contributed by atoms with Crippen molar-refractivity contribution in [3.63, 3.8) is 0 Å². The van der Waals surface area contributed by atoms with Crippen LogP contribution in [-0.2, 0) is 35.2 Å². The third-order valence-electron chi connectivity index (χ3n) is 5.76. The Morgan fingerprint density at radius 2 is 1.68 bits per heavy atom. The number of alkyl halides is 3. The van der Waals surface area contributed by atoms with Crippen LogP contribution in [0.1, 0.15) is 43.0 Å². The topological polar surface area (TPSA) is 85.7 Å². The van der Waals surface area contributed by atoms with Gasteiger partial charge in [0.25, 0.3) is 0 Å². The second kappa shape index (κ2) is 10.8. The molecule has 0 saturated carbocycles. The molecular formula is C27H29F3N4O4. The lowest BCUT2D eigenvalue weighted by atomic mass is 10.0. The molecule has 1 N–H and O–H groups in total. The summed E-state index contributed by atoms with van der Waals surface area (Å²) in [6.45, 7) is 5.69. The lowest BCUT2D eigenvalue weighted by molar-refractivity contribution is -0.137. The Morgan fingerprint density at radius 3 is 2.32 bits per heavy atom. The number of benzene rings is 2. The average molecular weight is 531 g/mol. The highest BCUT2D eigenvalue weighted by Gasteiger charge is 2.35. The Bertz CT molecular complexity index is 1270. The van der Waals surface area contributed by atoms with Crippen LogP contribution in [0.4, 0.5) is 28.6 Å². The highest BCUT2D eigenvalue weighted by molar-refractivity contribution is 5.88. The van der Waals surface area contributed by atoms with Gasteiger partial charge in [0.2, 0.25) is 0 Å². The summed E-state index contributed by atoms with van der Waals surface area (Å²) in [6.07, 6.45) is -3.86. The van der Waals surface area contributed by atoms with E-state index in [9.17, 15) is 22.8 Å². The molecule has 0 bridgehead atoms. The standard InChI is InChI=1S/C27H29F3N4O4/c1-26(2,3)38-25(36)33-15-22(32-24(35)37-17-19-7-5-4-6-8-19)16-34-23(33)20(14-31-34)13-18-9-11-21(12-10-18)27(28,29)30/h4-12,14,22H,13,15-17H2,1-3H3,(H,32,35). The minimum Gasteiger partial charge on any atom is -0.445 e. The molecule has 8 nitrogen and oxygen atoms in total. The van der Waals surface area contributed by atoms with Gasteiger partial charge in [0, 0.05) is 12.0 Å². The average Bonchev–Trinajstić information content (AvgIpc) is 3.24. The fourth-order valence-electron chi connectivity index (χ4n) is 4.09. The van der Waals surface area contributed by atoms with Gasteiger partial charge in [0.05, 0.1) is 30.9 Å². The molecule has 11 heteroatoms. The first kappa shape index (κ1) is 27.0. The van der Waals surface area contributed by atoms with Gasteiger partial charge < -0.3 is 14.8 Å². The maximum absolute atomic E-state index is 13.2. The number of alkyl carbamates (subject to hydrolysis) is 1. The van der Waals surface area contributed by atoms with Crippen molar-refractivity contribution in [1.29, 1.82) is 0 Å². The van der Waals surface area contributed by atoms with E-state index in [1.54, 1.807) is 31.6 Å².